The highest BCUT2D eigenvalue weighted by Crippen LogP contribution is 2.23. The van der Waals surface area contributed by atoms with Gasteiger partial charge in [0.15, 0.2) is 6.61 Å². The number of ether oxygens (including phenoxy) is 1. The van der Waals surface area contributed by atoms with E-state index in [0.29, 0.717) is 11.6 Å². The zero-order valence-corrected chi connectivity index (χ0v) is 6.50. The van der Waals surface area contributed by atoms with Crippen LogP contribution < -0.4 is 10.1 Å². The number of carbonyl (C=O) groups excluding carboxylic acids is 1. The predicted molar refractivity (Wildman–Crippen MR) is 40.9 cm³/mol. The van der Waals surface area contributed by atoms with Gasteiger partial charge in [0.05, 0.1) is 5.69 Å². The van der Waals surface area contributed by atoms with E-state index in [1.807, 2.05) is 0 Å². The number of hydrogen-bond acceptors (Lipinski definition) is 4. The molecule has 0 spiro atoms. The second-order valence-electron chi connectivity index (χ2n) is 2.54. The second kappa shape index (κ2) is 2.44. The minimum atomic E-state index is -0.157. The van der Waals surface area contributed by atoms with Crippen LogP contribution >= 0.6 is 0 Å². The summed E-state index contributed by atoms with van der Waals surface area (Å²) in [6.45, 7) is 1.82. The molecule has 1 aromatic heterocycles. The molecule has 0 fully saturated rings. The summed E-state index contributed by atoms with van der Waals surface area (Å²) >= 11 is 0. The summed E-state index contributed by atoms with van der Waals surface area (Å²) < 4.78 is 5.01. The summed E-state index contributed by atoms with van der Waals surface area (Å²) in [6.07, 6.45) is 0. The predicted octanol–water partition coefficient (Wildman–Crippen LogP) is 0.116. The molecule has 12 heavy (non-hydrogen) atoms. The topological polar surface area (TPSA) is 64.1 Å². The molecule has 0 radical (unpaired) electrons. The van der Waals surface area contributed by atoms with E-state index in [1.54, 1.807) is 13.0 Å². The summed E-state index contributed by atoms with van der Waals surface area (Å²) in [4.78, 5) is 10.9. The van der Waals surface area contributed by atoms with Gasteiger partial charge in [0.25, 0.3) is 11.8 Å². The van der Waals surface area contributed by atoms with Crippen LogP contribution in [0.5, 0.6) is 5.88 Å². The number of rotatable bonds is 0. The van der Waals surface area contributed by atoms with Crippen molar-refractivity contribution in [3.63, 3.8) is 0 Å². The van der Waals surface area contributed by atoms with Crippen molar-refractivity contribution >= 4 is 11.6 Å². The lowest BCUT2D eigenvalue weighted by atomic mass is 10.3. The van der Waals surface area contributed by atoms with E-state index in [-0.39, 0.29) is 12.5 Å². The third kappa shape index (κ3) is 1.09. The number of fused-ring (bicyclic) bond motifs is 1. The van der Waals surface area contributed by atoms with Gasteiger partial charge in [0, 0.05) is 0 Å². The smallest absolute Gasteiger partial charge is 0.262 e. The van der Waals surface area contributed by atoms with Crippen molar-refractivity contribution in [2.75, 3.05) is 11.9 Å². The molecule has 2 heterocycles. The highest BCUT2D eigenvalue weighted by molar-refractivity contribution is 5.94. The van der Waals surface area contributed by atoms with Gasteiger partial charge in [-0.05, 0) is 13.0 Å². The fourth-order valence-electron chi connectivity index (χ4n) is 0.994. The molecular weight excluding hydrogens is 158 g/mol. The molecule has 2 rings (SSSR count). The summed E-state index contributed by atoms with van der Waals surface area (Å²) in [6, 6.07) is 1.72. The van der Waals surface area contributed by atoms with Gasteiger partial charge >= 0.3 is 0 Å². The molecule has 1 N–H and O–H groups in total. The Hall–Kier alpha value is -1.65. The highest BCUT2D eigenvalue weighted by Gasteiger charge is 2.17. The molecule has 62 valence electrons. The van der Waals surface area contributed by atoms with Crippen LogP contribution in [0.25, 0.3) is 0 Å². The minimum Gasteiger partial charge on any atom is -0.465 e. The first-order valence-corrected chi connectivity index (χ1v) is 3.53. The lowest BCUT2D eigenvalue weighted by molar-refractivity contribution is -0.118. The molecule has 5 nitrogen and oxygen atoms in total. The molecule has 0 unspecified atom stereocenters. The van der Waals surface area contributed by atoms with E-state index in [1.165, 1.54) is 0 Å². The van der Waals surface area contributed by atoms with Gasteiger partial charge in [0.2, 0.25) is 0 Å². The number of aromatic nitrogens is 2. The number of aryl methyl sites for hydroxylation is 1. The Labute approximate surface area is 68.8 Å². The van der Waals surface area contributed by atoms with E-state index in [0.717, 1.165) is 5.69 Å². The van der Waals surface area contributed by atoms with Crippen molar-refractivity contribution in [1.29, 1.82) is 0 Å². The maximum Gasteiger partial charge on any atom is 0.262 e. The largest absolute Gasteiger partial charge is 0.465 e. The second-order valence-corrected chi connectivity index (χ2v) is 2.54. The first-order valence-electron chi connectivity index (χ1n) is 3.53. The molecule has 1 amide bonds. The highest BCUT2D eigenvalue weighted by atomic mass is 16.5. The van der Waals surface area contributed by atoms with E-state index < -0.39 is 0 Å². The van der Waals surface area contributed by atoms with Gasteiger partial charge in [0.1, 0.15) is 5.69 Å². The lowest BCUT2D eigenvalue weighted by Gasteiger charge is -2.15. The molecule has 0 bridgehead atoms. The van der Waals surface area contributed by atoms with E-state index in [2.05, 4.69) is 15.5 Å². The monoisotopic (exact) mass is 165 g/mol. The average molecular weight is 165 g/mol. The number of amides is 1. The summed E-state index contributed by atoms with van der Waals surface area (Å²) in [5.41, 5.74) is 1.35. The van der Waals surface area contributed by atoms with Crippen LogP contribution in [0.3, 0.4) is 0 Å². The third-order valence-electron chi connectivity index (χ3n) is 1.50. The van der Waals surface area contributed by atoms with Crippen molar-refractivity contribution in [2.45, 2.75) is 6.92 Å². The number of anilines is 1. The standard InChI is InChI=1S/C7H7N3O2/c1-4-2-5-7(10-9-4)12-3-6(11)8-5/h2H,3H2,1H3,(H,8,11). The first-order chi connectivity index (χ1) is 5.75. The molecule has 0 saturated carbocycles. The molecular formula is C7H7N3O2. The number of nitrogens with zero attached hydrogens (tertiary/aromatic N) is 2. The maximum atomic E-state index is 10.9. The summed E-state index contributed by atoms with van der Waals surface area (Å²) in [5.74, 6) is 0.232. The summed E-state index contributed by atoms with van der Waals surface area (Å²) in [5, 5.41) is 10.2. The van der Waals surface area contributed by atoms with Crippen molar-refractivity contribution in [3.05, 3.63) is 11.8 Å². The van der Waals surface area contributed by atoms with E-state index in [4.69, 9.17) is 4.74 Å². The van der Waals surface area contributed by atoms with Crippen LogP contribution in [0.2, 0.25) is 0 Å². The molecule has 1 aliphatic heterocycles. The fraction of sp³-hybridized carbons (Fsp3) is 0.286. The van der Waals surface area contributed by atoms with Gasteiger partial charge in [-0.25, -0.2) is 0 Å². The van der Waals surface area contributed by atoms with Crippen LogP contribution in [0.1, 0.15) is 5.69 Å². The number of carbonyl (C=O) groups is 1. The van der Waals surface area contributed by atoms with Crippen LogP contribution in [0.15, 0.2) is 6.07 Å². The molecule has 0 saturated heterocycles. The van der Waals surface area contributed by atoms with Gasteiger partial charge in [-0.3, -0.25) is 4.79 Å². The molecule has 5 heteroatoms. The van der Waals surface area contributed by atoms with Crippen LogP contribution in [-0.2, 0) is 4.79 Å². The van der Waals surface area contributed by atoms with Crippen LogP contribution in [0, 0.1) is 6.92 Å². The Balaban J connectivity index is 2.44. The Morgan fingerprint density at radius 2 is 2.42 bits per heavy atom. The van der Waals surface area contributed by atoms with E-state index >= 15 is 0 Å². The molecule has 1 aromatic rings. The number of nitrogens with one attached hydrogen (secondary N) is 1. The van der Waals surface area contributed by atoms with Crippen molar-refractivity contribution in [1.82, 2.24) is 10.2 Å². The quantitative estimate of drug-likeness (QED) is 0.592. The molecule has 1 aliphatic rings. The van der Waals surface area contributed by atoms with Crippen molar-refractivity contribution in [3.8, 4) is 5.88 Å². The van der Waals surface area contributed by atoms with Crippen molar-refractivity contribution in [2.24, 2.45) is 0 Å². The first kappa shape index (κ1) is 7.02. The number of hydrogen-bond donors (Lipinski definition) is 1. The van der Waals surface area contributed by atoms with Gasteiger partial charge in [-0.1, -0.05) is 0 Å². The Bertz CT molecular complexity index is 337. The van der Waals surface area contributed by atoms with Gasteiger partial charge < -0.3 is 10.1 Å². The third-order valence-corrected chi connectivity index (χ3v) is 1.50. The SMILES string of the molecule is Cc1cc2c(nn1)OCC(=O)N2. The zero-order valence-electron chi connectivity index (χ0n) is 6.50. The van der Waals surface area contributed by atoms with Gasteiger partial charge in [-0.15, -0.1) is 5.10 Å². The maximum absolute atomic E-state index is 10.9. The van der Waals surface area contributed by atoms with Gasteiger partial charge in [-0.2, -0.15) is 5.10 Å². The normalized spacial score (nSPS) is 14.6. The van der Waals surface area contributed by atoms with E-state index in [9.17, 15) is 4.79 Å². The Morgan fingerprint density at radius 3 is 3.25 bits per heavy atom. The van der Waals surface area contributed by atoms with Crippen LogP contribution in [-0.4, -0.2) is 22.7 Å². The Kier molecular flexibility index (Phi) is 1.43. The van der Waals surface area contributed by atoms with Crippen molar-refractivity contribution < 1.29 is 9.53 Å². The fourth-order valence-corrected chi connectivity index (χ4v) is 0.994. The lowest BCUT2D eigenvalue weighted by Crippen LogP contribution is -2.26. The summed E-state index contributed by atoms with van der Waals surface area (Å²) in [7, 11) is 0. The molecule has 0 aromatic carbocycles. The molecule has 0 atom stereocenters. The zero-order chi connectivity index (χ0) is 8.55. The average Bonchev–Trinajstić information content (AvgIpc) is 2.03. The molecule has 0 aliphatic carbocycles. The van der Waals surface area contributed by atoms with Crippen LogP contribution in [0.4, 0.5) is 5.69 Å². The minimum absolute atomic E-state index is 0.0186. The Morgan fingerprint density at radius 1 is 1.58 bits per heavy atom.